The minimum atomic E-state index is -0.238. The molecule has 2 aromatic rings. The molecule has 0 spiro atoms. The Kier molecular flexibility index (Phi) is 3.39. The molecule has 1 saturated heterocycles. The number of nitrogens with zero attached hydrogens (tertiary/aromatic N) is 1. The fourth-order valence-corrected chi connectivity index (χ4v) is 3.49. The van der Waals surface area contributed by atoms with Crippen molar-refractivity contribution in [2.45, 2.75) is 24.9 Å². The Balaban J connectivity index is 1.46. The van der Waals surface area contributed by atoms with Gasteiger partial charge in [-0.25, -0.2) is 4.98 Å². The van der Waals surface area contributed by atoms with Gasteiger partial charge in [-0.3, -0.25) is 4.79 Å². The number of fused-ring (bicyclic) bond motifs is 2. The molecule has 2 fully saturated rings. The first-order chi connectivity index (χ1) is 10.7. The molecule has 3 unspecified atom stereocenters. The third kappa shape index (κ3) is 2.51. The third-order valence-electron chi connectivity index (χ3n) is 4.51. The number of hydrogen-bond acceptors (Lipinski definition) is 4. The fraction of sp³-hybridized carbons (Fsp3) is 0.375. The largest absolute Gasteiger partial charge is 0.432 e. The van der Waals surface area contributed by atoms with Gasteiger partial charge in [0, 0.05) is 29.2 Å². The van der Waals surface area contributed by atoms with Gasteiger partial charge in [0.05, 0.1) is 6.20 Å². The van der Waals surface area contributed by atoms with Crippen molar-refractivity contribution in [3.63, 3.8) is 0 Å². The molecule has 2 bridgehead atoms. The zero-order chi connectivity index (χ0) is 15.1. The number of piperidine rings is 1. The third-order valence-corrected chi connectivity index (χ3v) is 4.76. The molecule has 2 aliphatic rings. The van der Waals surface area contributed by atoms with E-state index in [1.54, 1.807) is 18.3 Å². The molecule has 1 aliphatic heterocycles. The summed E-state index contributed by atoms with van der Waals surface area (Å²) in [6.07, 6.45) is 3.70. The summed E-state index contributed by atoms with van der Waals surface area (Å²) >= 11 is 5.87. The van der Waals surface area contributed by atoms with E-state index in [9.17, 15) is 4.79 Å². The quantitative estimate of drug-likeness (QED) is 0.912. The van der Waals surface area contributed by atoms with Crippen LogP contribution >= 0.6 is 11.6 Å². The molecule has 5 nitrogen and oxygen atoms in total. The molecule has 1 aromatic heterocycles. The first-order valence-electron chi connectivity index (χ1n) is 7.45. The minimum Gasteiger partial charge on any atom is -0.432 e. The molecule has 1 aliphatic carbocycles. The number of rotatable bonds is 3. The average molecular weight is 318 g/mol. The topological polar surface area (TPSA) is 67.2 Å². The number of benzene rings is 1. The second kappa shape index (κ2) is 5.41. The fourth-order valence-electron chi connectivity index (χ4n) is 3.37. The SMILES string of the molecule is O=C(NC1CC2CC1CN2)c1ncc(-c2ccc(Cl)cc2)o1. The van der Waals surface area contributed by atoms with Gasteiger partial charge < -0.3 is 15.1 Å². The van der Waals surface area contributed by atoms with Crippen LogP contribution in [0.15, 0.2) is 34.9 Å². The molecule has 2 heterocycles. The van der Waals surface area contributed by atoms with Crippen molar-refractivity contribution in [1.82, 2.24) is 15.6 Å². The summed E-state index contributed by atoms with van der Waals surface area (Å²) in [5.41, 5.74) is 0.847. The summed E-state index contributed by atoms with van der Waals surface area (Å²) in [5.74, 6) is 0.967. The van der Waals surface area contributed by atoms with E-state index in [0.29, 0.717) is 22.7 Å². The number of hydrogen-bond donors (Lipinski definition) is 2. The maximum Gasteiger partial charge on any atom is 0.307 e. The molecule has 1 saturated carbocycles. The normalized spacial score (nSPS) is 26.3. The molecule has 6 heteroatoms. The van der Waals surface area contributed by atoms with Crippen molar-refractivity contribution in [2.24, 2.45) is 5.92 Å². The highest BCUT2D eigenvalue weighted by Crippen LogP contribution is 2.31. The van der Waals surface area contributed by atoms with Gasteiger partial charge in [-0.2, -0.15) is 0 Å². The molecular weight excluding hydrogens is 302 g/mol. The number of halogens is 1. The second-order valence-corrected chi connectivity index (χ2v) is 6.39. The molecule has 1 aromatic carbocycles. The van der Waals surface area contributed by atoms with Crippen LogP contribution in [0.1, 0.15) is 23.5 Å². The molecule has 0 radical (unpaired) electrons. The van der Waals surface area contributed by atoms with E-state index in [1.165, 1.54) is 0 Å². The highest BCUT2D eigenvalue weighted by molar-refractivity contribution is 6.30. The van der Waals surface area contributed by atoms with E-state index >= 15 is 0 Å². The summed E-state index contributed by atoms with van der Waals surface area (Å²) in [6, 6.07) is 8.01. The molecule has 22 heavy (non-hydrogen) atoms. The summed E-state index contributed by atoms with van der Waals surface area (Å²) < 4.78 is 5.58. The molecule has 1 amide bonds. The highest BCUT2D eigenvalue weighted by atomic mass is 35.5. The predicted molar refractivity (Wildman–Crippen MR) is 82.7 cm³/mol. The number of oxazole rings is 1. The van der Waals surface area contributed by atoms with Gasteiger partial charge in [0.15, 0.2) is 5.76 Å². The summed E-state index contributed by atoms with van der Waals surface area (Å²) in [4.78, 5) is 16.4. The maximum atomic E-state index is 12.3. The predicted octanol–water partition coefficient (Wildman–Crippen LogP) is 2.48. The lowest BCUT2D eigenvalue weighted by Gasteiger charge is -2.22. The lowest BCUT2D eigenvalue weighted by atomic mass is 10.0. The van der Waals surface area contributed by atoms with E-state index in [1.807, 2.05) is 12.1 Å². The van der Waals surface area contributed by atoms with E-state index in [0.717, 1.165) is 24.9 Å². The van der Waals surface area contributed by atoms with Crippen LogP contribution in [0, 0.1) is 5.92 Å². The van der Waals surface area contributed by atoms with E-state index in [2.05, 4.69) is 15.6 Å². The Bertz CT molecular complexity index is 698. The summed E-state index contributed by atoms with van der Waals surface area (Å²) in [6.45, 7) is 0.983. The van der Waals surface area contributed by atoms with Gasteiger partial charge in [0.1, 0.15) is 0 Å². The lowest BCUT2D eigenvalue weighted by molar-refractivity contribution is 0.0890. The Morgan fingerprint density at radius 1 is 1.32 bits per heavy atom. The van der Waals surface area contributed by atoms with E-state index in [4.69, 9.17) is 16.0 Å². The summed E-state index contributed by atoms with van der Waals surface area (Å²) in [5, 5.41) is 7.13. The van der Waals surface area contributed by atoms with Crippen LogP contribution in [0.5, 0.6) is 0 Å². The van der Waals surface area contributed by atoms with Crippen molar-refractivity contribution in [3.05, 3.63) is 41.4 Å². The first-order valence-corrected chi connectivity index (χ1v) is 7.83. The molecular formula is C16H16ClN3O2. The van der Waals surface area contributed by atoms with Crippen LogP contribution in [0.25, 0.3) is 11.3 Å². The number of nitrogens with one attached hydrogen (secondary N) is 2. The number of carbonyl (C=O) groups is 1. The average Bonchev–Trinajstić information content (AvgIpc) is 3.24. The van der Waals surface area contributed by atoms with Crippen molar-refractivity contribution in [2.75, 3.05) is 6.54 Å². The van der Waals surface area contributed by atoms with Crippen molar-refractivity contribution in [1.29, 1.82) is 0 Å². The van der Waals surface area contributed by atoms with Gasteiger partial charge in [-0.15, -0.1) is 0 Å². The Morgan fingerprint density at radius 3 is 2.82 bits per heavy atom. The standard InChI is InChI=1S/C16H16ClN3O2/c17-11-3-1-9(2-4-11)14-8-19-16(22-14)15(21)20-13-6-12-5-10(13)7-18-12/h1-4,8,10,12-13,18H,5-7H2,(H,20,21). The number of carbonyl (C=O) groups excluding carboxylic acids is 1. The monoisotopic (exact) mass is 317 g/mol. The first kappa shape index (κ1) is 13.8. The van der Waals surface area contributed by atoms with Crippen LogP contribution < -0.4 is 10.6 Å². The molecule has 3 atom stereocenters. The Labute approximate surface area is 133 Å². The van der Waals surface area contributed by atoms with Crippen molar-refractivity contribution in [3.8, 4) is 11.3 Å². The Morgan fingerprint density at radius 2 is 2.14 bits per heavy atom. The van der Waals surface area contributed by atoms with Gasteiger partial charge in [0.2, 0.25) is 0 Å². The minimum absolute atomic E-state index is 0.112. The van der Waals surface area contributed by atoms with Crippen LogP contribution in [0.2, 0.25) is 5.02 Å². The van der Waals surface area contributed by atoms with Gasteiger partial charge in [-0.1, -0.05) is 11.6 Å². The van der Waals surface area contributed by atoms with E-state index in [-0.39, 0.29) is 17.8 Å². The maximum absolute atomic E-state index is 12.3. The zero-order valence-electron chi connectivity index (χ0n) is 11.9. The highest BCUT2D eigenvalue weighted by Gasteiger charge is 2.40. The number of aromatic nitrogens is 1. The number of amides is 1. The smallest absolute Gasteiger partial charge is 0.307 e. The van der Waals surface area contributed by atoms with Gasteiger partial charge in [0.25, 0.3) is 5.89 Å². The van der Waals surface area contributed by atoms with Crippen LogP contribution in [-0.2, 0) is 0 Å². The lowest BCUT2D eigenvalue weighted by Crippen LogP contribution is -2.44. The van der Waals surface area contributed by atoms with E-state index < -0.39 is 0 Å². The zero-order valence-corrected chi connectivity index (χ0v) is 12.6. The molecule has 2 N–H and O–H groups in total. The second-order valence-electron chi connectivity index (χ2n) is 5.95. The van der Waals surface area contributed by atoms with Gasteiger partial charge >= 0.3 is 5.91 Å². The van der Waals surface area contributed by atoms with Crippen LogP contribution in [0.4, 0.5) is 0 Å². The van der Waals surface area contributed by atoms with Gasteiger partial charge in [-0.05, 0) is 43.0 Å². The van der Waals surface area contributed by atoms with Crippen molar-refractivity contribution < 1.29 is 9.21 Å². The van der Waals surface area contributed by atoms with Crippen LogP contribution in [0.3, 0.4) is 0 Å². The Hall–Kier alpha value is -1.85. The molecule has 114 valence electrons. The van der Waals surface area contributed by atoms with Crippen LogP contribution in [-0.4, -0.2) is 29.5 Å². The summed E-state index contributed by atoms with van der Waals surface area (Å²) in [7, 11) is 0. The van der Waals surface area contributed by atoms with Crippen molar-refractivity contribution >= 4 is 17.5 Å². The molecule has 4 rings (SSSR count).